The Morgan fingerprint density at radius 2 is 2.08 bits per heavy atom. The summed E-state index contributed by atoms with van der Waals surface area (Å²) >= 11 is 0. The van der Waals surface area contributed by atoms with Crippen LogP contribution in [0.4, 0.5) is 0 Å². The fraction of sp³-hybridized carbons (Fsp3) is 0.700. The van der Waals surface area contributed by atoms with Gasteiger partial charge in [-0.1, -0.05) is 20.3 Å². The Kier molecular flexibility index (Phi) is 5.74. The average Bonchev–Trinajstić information content (AvgIpc) is 2.94. The van der Waals surface area contributed by atoms with Crippen LogP contribution >= 0.6 is 0 Å². The number of rotatable bonds is 7. The molecule has 3 rings (SSSR count). The Labute approximate surface area is 151 Å². The van der Waals surface area contributed by atoms with Crippen LogP contribution in [-0.2, 0) is 16.1 Å². The molecule has 1 aliphatic heterocycles. The van der Waals surface area contributed by atoms with Gasteiger partial charge in [-0.05, 0) is 42.4 Å². The smallest absolute Gasteiger partial charge is 0.228 e. The molecule has 25 heavy (non-hydrogen) atoms. The van der Waals surface area contributed by atoms with Crippen LogP contribution in [-0.4, -0.2) is 48.6 Å². The van der Waals surface area contributed by atoms with Crippen LogP contribution in [0.1, 0.15) is 38.7 Å². The van der Waals surface area contributed by atoms with Gasteiger partial charge in [0, 0.05) is 45.2 Å². The summed E-state index contributed by atoms with van der Waals surface area (Å²) in [6.45, 7) is 7.92. The molecule has 0 spiro atoms. The lowest BCUT2D eigenvalue weighted by atomic mass is 9.68. The minimum absolute atomic E-state index is 0.196. The molecule has 2 aliphatic rings. The number of nitrogens with zero attached hydrogens (tertiary/aromatic N) is 2. The number of carbonyl (C=O) groups excluding carboxylic acids is 1. The zero-order chi connectivity index (χ0) is 17.9. The maximum absolute atomic E-state index is 12.9. The van der Waals surface area contributed by atoms with E-state index in [1.807, 2.05) is 12.4 Å². The highest BCUT2D eigenvalue weighted by Gasteiger charge is 2.46. The number of likely N-dealkylation sites (tertiary alicyclic amines) is 1. The normalized spacial score (nSPS) is 25.8. The van der Waals surface area contributed by atoms with Crippen LogP contribution < -0.4 is 5.32 Å². The maximum Gasteiger partial charge on any atom is 0.228 e. The number of hydrogen-bond donors (Lipinski definition) is 1. The molecule has 2 heterocycles. The molecule has 1 amide bonds. The lowest BCUT2D eigenvalue weighted by Crippen LogP contribution is -2.53. The summed E-state index contributed by atoms with van der Waals surface area (Å²) in [5.74, 6) is 1.24. The summed E-state index contributed by atoms with van der Waals surface area (Å²) in [6.07, 6.45) is 6.72. The van der Waals surface area contributed by atoms with Crippen LogP contribution in [0.15, 0.2) is 24.5 Å². The van der Waals surface area contributed by atoms with Crippen molar-refractivity contribution in [3.8, 4) is 0 Å². The summed E-state index contributed by atoms with van der Waals surface area (Å²) in [5.41, 5.74) is 0.994. The van der Waals surface area contributed by atoms with Crippen molar-refractivity contribution in [2.45, 2.75) is 45.7 Å². The summed E-state index contributed by atoms with van der Waals surface area (Å²) < 4.78 is 5.33. The Morgan fingerprint density at radius 1 is 1.36 bits per heavy atom. The minimum atomic E-state index is -0.283. The van der Waals surface area contributed by atoms with E-state index < -0.39 is 0 Å². The molecule has 0 radical (unpaired) electrons. The maximum atomic E-state index is 12.9. The zero-order valence-corrected chi connectivity index (χ0v) is 15.7. The fourth-order valence-corrected chi connectivity index (χ4v) is 4.26. The van der Waals surface area contributed by atoms with Crippen molar-refractivity contribution < 1.29 is 9.53 Å². The molecule has 0 bridgehead atoms. The van der Waals surface area contributed by atoms with Gasteiger partial charge in [0.15, 0.2) is 0 Å². The van der Waals surface area contributed by atoms with Crippen molar-refractivity contribution >= 4 is 5.91 Å². The van der Waals surface area contributed by atoms with Gasteiger partial charge < -0.3 is 10.1 Å². The number of ether oxygens (including phenoxy) is 1. The van der Waals surface area contributed by atoms with Crippen molar-refractivity contribution in [1.29, 1.82) is 0 Å². The summed E-state index contributed by atoms with van der Waals surface area (Å²) in [6, 6.07) is 4.36. The van der Waals surface area contributed by atoms with Crippen molar-refractivity contribution in [3.63, 3.8) is 0 Å². The van der Waals surface area contributed by atoms with Crippen molar-refractivity contribution in [2.75, 3.05) is 26.8 Å². The van der Waals surface area contributed by atoms with Crippen molar-refractivity contribution in [1.82, 2.24) is 15.2 Å². The number of hydrogen-bond acceptors (Lipinski definition) is 4. The number of pyridine rings is 1. The summed E-state index contributed by atoms with van der Waals surface area (Å²) in [5, 5.41) is 3.38. The van der Waals surface area contributed by atoms with Crippen LogP contribution in [0.3, 0.4) is 0 Å². The molecule has 1 saturated carbocycles. The summed E-state index contributed by atoms with van der Waals surface area (Å²) in [4.78, 5) is 19.5. The number of aromatic nitrogens is 1. The van der Waals surface area contributed by atoms with E-state index in [4.69, 9.17) is 4.74 Å². The molecule has 1 aliphatic carbocycles. The first-order valence-corrected chi connectivity index (χ1v) is 9.45. The largest absolute Gasteiger partial charge is 0.384 e. The van der Waals surface area contributed by atoms with E-state index in [1.54, 1.807) is 7.11 Å². The molecule has 0 unspecified atom stereocenters. The zero-order valence-electron chi connectivity index (χ0n) is 15.7. The number of carbonyl (C=O) groups is 1. The molecule has 5 nitrogen and oxygen atoms in total. The molecule has 2 atom stereocenters. The van der Waals surface area contributed by atoms with Crippen molar-refractivity contribution in [3.05, 3.63) is 30.1 Å². The Hall–Kier alpha value is -1.46. The molecule has 2 fully saturated rings. The van der Waals surface area contributed by atoms with E-state index in [0.717, 1.165) is 38.9 Å². The lowest BCUT2D eigenvalue weighted by Gasteiger charge is -2.40. The summed E-state index contributed by atoms with van der Waals surface area (Å²) in [7, 11) is 1.69. The molecule has 1 N–H and O–H groups in total. The van der Waals surface area contributed by atoms with Crippen molar-refractivity contribution in [2.24, 2.45) is 17.3 Å². The molecule has 1 saturated heterocycles. The molecule has 1 aromatic heterocycles. The second-order valence-electron chi connectivity index (χ2n) is 8.10. The average molecular weight is 345 g/mol. The van der Waals surface area contributed by atoms with Gasteiger partial charge in [-0.2, -0.15) is 0 Å². The van der Waals surface area contributed by atoms with Crippen LogP contribution in [0, 0.1) is 17.3 Å². The van der Waals surface area contributed by atoms with E-state index in [-0.39, 0.29) is 17.4 Å². The number of amides is 1. The minimum Gasteiger partial charge on any atom is -0.384 e. The SMILES string of the molecule is COCC1(C(=O)N[C@@H]2CN(Cc3ccncc3)C[C@H]2C(C)C)CCC1. The first kappa shape index (κ1) is 18.3. The number of nitrogens with one attached hydrogen (secondary N) is 1. The third kappa shape index (κ3) is 4.04. The lowest BCUT2D eigenvalue weighted by molar-refractivity contribution is -0.141. The first-order valence-electron chi connectivity index (χ1n) is 9.45. The Bertz CT molecular complexity index is 572. The van der Waals surface area contributed by atoms with E-state index in [2.05, 4.69) is 41.2 Å². The van der Waals surface area contributed by atoms with Gasteiger partial charge in [-0.25, -0.2) is 0 Å². The first-order chi connectivity index (χ1) is 12.0. The second kappa shape index (κ2) is 7.83. The molecular formula is C20H31N3O2. The van der Waals surface area contributed by atoms with Gasteiger partial charge in [0.25, 0.3) is 0 Å². The number of methoxy groups -OCH3 is 1. The van der Waals surface area contributed by atoms with Gasteiger partial charge in [-0.3, -0.25) is 14.7 Å². The van der Waals surface area contributed by atoms with Crippen LogP contribution in [0.5, 0.6) is 0 Å². The van der Waals surface area contributed by atoms with E-state index in [9.17, 15) is 4.79 Å². The van der Waals surface area contributed by atoms with Crippen LogP contribution in [0.25, 0.3) is 0 Å². The predicted molar refractivity (Wildman–Crippen MR) is 97.9 cm³/mol. The highest BCUT2D eigenvalue weighted by Crippen LogP contribution is 2.41. The topological polar surface area (TPSA) is 54.5 Å². The van der Waals surface area contributed by atoms with Gasteiger partial charge in [0.2, 0.25) is 5.91 Å². The fourth-order valence-electron chi connectivity index (χ4n) is 4.26. The molecule has 138 valence electrons. The third-order valence-corrected chi connectivity index (χ3v) is 5.98. The molecule has 1 aromatic rings. The highest BCUT2D eigenvalue weighted by atomic mass is 16.5. The van der Waals surface area contributed by atoms with Crippen LogP contribution in [0.2, 0.25) is 0 Å². The molecule has 5 heteroatoms. The Balaban J connectivity index is 1.64. The monoisotopic (exact) mass is 345 g/mol. The standard InChI is InChI=1S/C20H31N3O2/c1-15(2)17-12-23(11-16-5-9-21-10-6-16)13-18(17)22-19(24)20(14-25-3)7-4-8-20/h5-6,9-10,15,17-18H,4,7-8,11-14H2,1-3H3,(H,22,24)/t17-,18+/m0/s1. The highest BCUT2D eigenvalue weighted by molar-refractivity contribution is 5.84. The van der Waals surface area contributed by atoms with E-state index >= 15 is 0 Å². The third-order valence-electron chi connectivity index (χ3n) is 5.98. The second-order valence-corrected chi connectivity index (χ2v) is 8.10. The Morgan fingerprint density at radius 3 is 2.64 bits per heavy atom. The molecular weight excluding hydrogens is 314 g/mol. The predicted octanol–water partition coefficient (Wildman–Crippen LogP) is 2.47. The molecule has 0 aromatic carbocycles. The van der Waals surface area contributed by atoms with E-state index in [0.29, 0.717) is 18.4 Å². The van der Waals surface area contributed by atoms with Gasteiger partial charge in [-0.15, -0.1) is 0 Å². The van der Waals surface area contributed by atoms with Gasteiger partial charge >= 0.3 is 0 Å². The quantitative estimate of drug-likeness (QED) is 0.825. The van der Waals surface area contributed by atoms with E-state index in [1.165, 1.54) is 5.56 Å². The van der Waals surface area contributed by atoms with Gasteiger partial charge in [0.05, 0.1) is 12.0 Å². The van der Waals surface area contributed by atoms with Gasteiger partial charge in [0.1, 0.15) is 0 Å².